The second kappa shape index (κ2) is 6.85. The van der Waals surface area contributed by atoms with Crippen molar-refractivity contribution in [1.29, 1.82) is 0 Å². The molecule has 1 unspecified atom stereocenters. The normalized spacial score (nSPS) is 27.8. The van der Waals surface area contributed by atoms with Crippen LogP contribution in [0.4, 0.5) is 0 Å². The maximum absolute atomic E-state index is 6.09. The third kappa shape index (κ3) is 3.67. The molecule has 0 aromatic heterocycles. The van der Waals surface area contributed by atoms with Crippen molar-refractivity contribution in [3.63, 3.8) is 0 Å². The molecule has 0 bridgehead atoms. The van der Waals surface area contributed by atoms with Crippen molar-refractivity contribution >= 4 is 0 Å². The lowest BCUT2D eigenvalue weighted by Crippen LogP contribution is -2.50. The van der Waals surface area contributed by atoms with Crippen LogP contribution in [-0.2, 0) is 9.47 Å². The summed E-state index contributed by atoms with van der Waals surface area (Å²) in [5.74, 6) is 0. The number of hydrogen-bond donors (Lipinski definition) is 1. The Morgan fingerprint density at radius 1 is 1.28 bits per heavy atom. The summed E-state index contributed by atoms with van der Waals surface area (Å²) < 4.78 is 11.6. The molecular weight excluding hydrogens is 228 g/mol. The van der Waals surface area contributed by atoms with E-state index in [0.29, 0.717) is 6.04 Å². The van der Waals surface area contributed by atoms with Crippen LogP contribution in [0.3, 0.4) is 0 Å². The standard InChI is InChI=1S/C14H28N2O2/c1-15-7-3-8-16(2)13-4-9-18-14(12-13)5-10-17-11-6-14/h13,15H,3-12H2,1-2H3. The fourth-order valence-electron chi connectivity index (χ4n) is 3.16. The van der Waals surface area contributed by atoms with E-state index in [1.54, 1.807) is 0 Å². The zero-order valence-corrected chi connectivity index (χ0v) is 11.9. The monoisotopic (exact) mass is 256 g/mol. The fourth-order valence-corrected chi connectivity index (χ4v) is 3.16. The molecule has 2 fully saturated rings. The summed E-state index contributed by atoms with van der Waals surface area (Å²) >= 11 is 0. The number of rotatable bonds is 5. The summed E-state index contributed by atoms with van der Waals surface area (Å²) in [6.45, 7) is 4.94. The average molecular weight is 256 g/mol. The fraction of sp³-hybridized carbons (Fsp3) is 1.00. The van der Waals surface area contributed by atoms with Crippen molar-refractivity contribution < 1.29 is 9.47 Å². The third-order valence-electron chi connectivity index (χ3n) is 4.43. The van der Waals surface area contributed by atoms with Gasteiger partial charge in [-0.15, -0.1) is 0 Å². The highest BCUT2D eigenvalue weighted by atomic mass is 16.5. The van der Waals surface area contributed by atoms with Crippen LogP contribution in [0.15, 0.2) is 0 Å². The molecule has 0 amide bonds. The van der Waals surface area contributed by atoms with E-state index in [-0.39, 0.29) is 5.60 Å². The Balaban J connectivity index is 1.81. The van der Waals surface area contributed by atoms with Crippen LogP contribution in [0, 0.1) is 0 Å². The predicted octanol–water partition coefficient (Wildman–Crippen LogP) is 1.26. The largest absolute Gasteiger partial charge is 0.381 e. The first-order valence-electron chi connectivity index (χ1n) is 7.32. The lowest BCUT2D eigenvalue weighted by atomic mass is 9.83. The van der Waals surface area contributed by atoms with Crippen molar-refractivity contribution in [3.05, 3.63) is 0 Å². The highest BCUT2D eigenvalue weighted by molar-refractivity contribution is 4.91. The quantitative estimate of drug-likeness (QED) is 0.751. The minimum absolute atomic E-state index is 0.123. The molecule has 0 aromatic carbocycles. The molecule has 2 saturated heterocycles. The Hall–Kier alpha value is -0.160. The van der Waals surface area contributed by atoms with Crippen LogP contribution in [0.5, 0.6) is 0 Å². The summed E-state index contributed by atoms with van der Waals surface area (Å²) in [4.78, 5) is 2.52. The van der Waals surface area contributed by atoms with Crippen molar-refractivity contribution in [2.24, 2.45) is 0 Å². The molecule has 106 valence electrons. The Kier molecular flexibility index (Phi) is 5.42. The molecule has 2 aliphatic heterocycles. The molecule has 4 heteroatoms. The second-order valence-electron chi connectivity index (χ2n) is 5.73. The van der Waals surface area contributed by atoms with Crippen molar-refractivity contribution in [3.8, 4) is 0 Å². The molecule has 1 spiro atoms. The van der Waals surface area contributed by atoms with Crippen LogP contribution in [-0.4, -0.2) is 63.5 Å². The second-order valence-corrected chi connectivity index (χ2v) is 5.73. The van der Waals surface area contributed by atoms with E-state index in [0.717, 1.165) is 39.2 Å². The lowest BCUT2D eigenvalue weighted by Gasteiger charge is -2.45. The van der Waals surface area contributed by atoms with Gasteiger partial charge in [-0.25, -0.2) is 0 Å². The first-order chi connectivity index (χ1) is 8.76. The first kappa shape index (κ1) is 14.3. The molecule has 2 heterocycles. The van der Waals surface area contributed by atoms with Crippen molar-refractivity contribution in [2.75, 3.05) is 47.0 Å². The maximum atomic E-state index is 6.09. The summed E-state index contributed by atoms with van der Waals surface area (Å²) in [6, 6.07) is 0.689. The van der Waals surface area contributed by atoms with E-state index in [1.165, 1.54) is 25.8 Å². The topological polar surface area (TPSA) is 33.7 Å². The summed E-state index contributed by atoms with van der Waals surface area (Å²) in [5.41, 5.74) is 0.123. The van der Waals surface area contributed by atoms with Crippen molar-refractivity contribution in [2.45, 2.75) is 43.7 Å². The van der Waals surface area contributed by atoms with E-state index >= 15 is 0 Å². The third-order valence-corrected chi connectivity index (χ3v) is 4.43. The van der Waals surface area contributed by atoms with E-state index in [4.69, 9.17) is 9.47 Å². The smallest absolute Gasteiger partial charge is 0.0741 e. The minimum atomic E-state index is 0.123. The molecule has 2 aliphatic rings. The number of ether oxygens (including phenoxy) is 2. The van der Waals surface area contributed by atoms with Gasteiger partial charge in [-0.1, -0.05) is 0 Å². The van der Waals surface area contributed by atoms with E-state index in [2.05, 4.69) is 17.3 Å². The molecule has 1 N–H and O–H groups in total. The van der Waals surface area contributed by atoms with Crippen LogP contribution in [0.1, 0.15) is 32.1 Å². The summed E-state index contributed by atoms with van der Waals surface area (Å²) in [5, 5.41) is 3.21. The number of nitrogens with one attached hydrogen (secondary N) is 1. The van der Waals surface area contributed by atoms with Gasteiger partial charge >= 0.3 is 0 Å². The molecule has 0 radical (unpaired) electrons. The zero-order chi connectivity index (χ0) is 12.8. The molecule has 0 aromatic rings. The number of hydrogen-bond acceptors (Lipinski definition) is 4. The zero-order valence-electron chi connectivity index (χ0n) is 11.9. The van der Waals surface area contributed by atoms with Crippen LogP contribution in [0.2, 0.25) is 0 Å². The Morgan fingerprint density at radius 3 is 2.78 bits per heavy atom. The minimum Gasteiger partial charge on any atom is -0.381 e. The predicted molar refractivity (Wildman–Crippen MR) is 72.9 cm³/mol. The molecule has 18 heavy (non-hydrogen) atoms. The molecule has 2 rings (SSSR count). The van der Waals surface area contributed by atoms with E-state index in [1.807, 2.05) is 7.05 Å². The van der Waals surface area contributed by atoms with Crippen LogP contribution < -0.4 is 5.32 Å². The molecular formula is C14H28N2O2. The SMILES string of the molecule is CNCCCN(C)C1CCOC2(CCOCC2)C1. The van der Waals surface area contributed by atoms with E-state index in [9.17, 15) is 0 Å². The van der Waals surface area contributed by atoms with Crippen LogP contribution >= 0.6 is 0 Å². The first-order valence-corrected chi connectivity index (χ1v) is 7.32. The number of nitrogens with zero attached hydrogens (tertiary/aromatic N) is 1. The maximum Gasteiger partial charge on any atom is 0.0741 e. The van der Waals surface area contributed by atoms with Gasteiger partial charge in [-0.2, -0.15) is 0 Å². The van der Waals surface area contributed by atoms with Gasteiger partial charge in [0.25, 0.3) is 0 Å². The average Bonchev–Trinajstić information content (AvgIpc) is 2.40. The highest BCUT2D eigenvalue weighted by Gasteiger charge is 2.39. The Bertz CT molecular complexity index is 236. The Morgan fingerprint density at radius 2 is 2.06 bits per heavy atom. The van der Waals surface area contributed by atoms with Gasteiger partial charge in [0.15, 0.2) is 0 Å². The Labute approximate surface area is 111 Å². The summed E-state index contributed by atoms with van der Waals surface area (Å²) in [7, 11) is 4.28. The summed E-state index contributed by atoms with van der Waals surface area (Å²) in [6.07, 6.45) is 5.74. The molecule has 1 atom stereocenters. The highest BCUT2D eigenvalue weighted by Crippen LogP contribution is 2.35. The van der Waals surface area contributed by atoms with Gasteiger partial charge < -0.3 is 19.7 Å². The molecule has 0 saturated carbocycles. The van der Waals surface area contributed by atoms with Gasteiger partial charge in [-0.3, -0.25) is 0 Å². The van der Waals surface area contributed by atoms with Gasteiger partial charge in [0.05, 0.1) is 5.60 Å². The van der Waals surface area contributed by atoms with Crippen molar-refractivity contribution in [1.82, 2.24) is 10.2 Å². The molecule has 4 nitrogen and oxygen atoms in total. The van der Waals surface area contributed by atoms with Gasteiger partial charge in [0, 0.05) is 25.9 Å². The lowest BCUT2D eigenvalue weighted by molar-refractivity contribution is -0.149. The van der Waals surface area contributed by atoms with Gasteiger partial charge in [0.2, 0.25) is 0 Å². The van der Waals surface area contributed by atoms with Crippen LogP contribution in [0.25, 0.3) is 0 Å². The van der Waals surface area contributed by atoms with Gasteiger partial charge in [-0.05, 0) is 59.3 Å². The molecule has 0 aliphatic carbocycles. The van der Waals surface area contributed by atoms with Gasteiger partial charge in [0.1, 0.15) is 0 Å². The van der Waals surface area contributed by atoms with E-state index < -0.39 is 0 Å².